The Bertz CT molecular complexity index is 579. The van der Waals surface area contributed by atoms with Crippen LogP contribution in [0, 0.1) is 0 Å². The molecule has 0 radical (unpaired) electrons. The van der Waals surface area contributed by atoms with Crippen LogP contribution in [0.5, 0.6) is 11.5 Å². The molecule has 0 aliphatic carbocycles. The van der Waals surface area contributed by atoms with E-state index in [1.165, 1.54) is 5.56 Å². The highest BCUT2D eigenvalue weighted by molar-refractivity contribution is 5.55. The third-order valence-electron chi connectivity index (χ3n) is 3.15. The van der Waals surface area contributed by atoms with E-state index in [4.69, 9.17) is 9.47 Å². The Labute approximate surface area is 126 Å². The van der Waals surface area contributed by atoms with E-state index in [0.29, 0.717) is 0 Å². The molecule has 3 nitrogen and oxygen atoms in total. The summed E-state index contributed by atoms with van der Waals surface area (Å²) in [4.78, 5) is 0. The first kappa shape index (κ1) is 15.1. The van der Waals surface area contributed by atoms with E-state index in [1.807, 2.05) is 24.3 Å². The van der Waals surface area contributed by atoms with Crippen molar-refractivity contribution < 1.29 is 9.47 Å². The van der Waals surface area contributed by atoms with Gasteiger partial charge in [0.2, 0.25) is 0 Å². The van der Waals surface area contributed by atoms with Crippen molar-refractivity contribution in [2.45, 2.75) is 6.54 Å². The van der Waals surface area contributed by atoms with Crippen molar-refractivity contribution in [3.8, 4) is 11.5 Å². The highest BCUT2D eigenvalue weighted by Crippen LogP contribution is 2.27. The van der Waals surface area contributed by atoms with E-state index in [9.17, 15) is 0 Å². The summed E-state index contributed by atoms with van der Waals surface area (Å²) < 4.78 is 10.5. The van der Waals surface area contributed by atoms with Crippen LogP contribution in [0.3, 0.4) is 0 Å². The van der Waals surface area contributed by atoms with E-state index >= 15 is 0 Å². The average Bonchev–Trinajstić information content (AvgIpc) is 2.55. The Kier molecular flexibility index (Phi) is 5.85. The molecular formula is C18H21NO2. The molecule has 0 spiro atoms. The summed E-state index contributed by atoms with van der Waals surface area (Å²) in [5.41, 5.74) is 2.38. The summed E-state index contributed by atoms with van der Waals surface area (Å²) in [6.07, 6.45) is 4.17. The maximum atomic E-state index is 5.29. The summed E-state index contributed by atoms with van der Waals surface area (Å²) in [5.74, 6) is 1.49. The Morgan fingerprint density at radius 3 is 2.43 bits per heavy atom. The number of ether oxygens (including phenoxy) is 2. The molecule has 2 aromatic carbocycles. The molecule has 1 N–H and O–H groups in total. The summed E-state index contributed by atoms with van der Waals surface area (Å²) in [7, 11) is 3.29. The zero-order valence-corrected chi connectivity index (χ0v) is 12.5. The number of benzene rings is 2. The number of methoxy groups -OCH3 is 2. The van der Waals surface area contributed by atoms with Crippen LogP contribution in [-0.2, 0) is 6.54 Å². The minimum atomic E-state index is 0.747. The predicted octanol–water partition coefficient (Wildman–Crippen LogP) is 3.51. The first-order valence-corrected chi connectivity index (χ1v) is 6.96. The molecule has 0 bridgehead atoms. The molecule has 0 fully saturated rings. The molecule has 0 saturated carbocycles. The third kappa shape index (κ3) is 4.65. The van der Waals surface area contributed by atoms with Crippen molar-refractivity contribution >= 4 is 6.08 Å². The van der Waals surface area contributed by atoms with Gasteiger partial charge in [-0.05, 0) is 23.3 Å². The van der Waals surface area contributed by atoms with Gasteiger partial charge in [0.05, 0.1) is 14.2 Å². The number of hydrogen-bond acceptors (Lipinski definition) is 3. The standard InChI is InChI=1S/C18H21NO2/c1-20-17-11-10-15(13-18(17)21-2)9-6-12-19-14-16-7-4-3-5-8-16/h3-11,13,19H,12,14H2,1-2H3/b9-6+. The molecule has 0 aliphatic rings. The second kappa shape index (κ2) is 8.12. The first-order chi connectivity index (χ1) is 10.3. The first-order valence-electron chi connectivity index (χ1n) is 6.96. The van der Waals surface area contributed by atoms with Gasteiger partial charge < -0.3 is 14.8 Å². The van der Waals surface area contributed by atoms with Crippen molar-refractivity contribution in [1.29, 1.82) is 0 Å². The molecule has 0 atom stereocenters. The van der Waals surface area contributed by atoms with E-state index in [2.05, 4.69) is 41.7 Å². The lowest BCUT2D eigenvalue weighted by molar-refractivity contribution is 0.355. The maximum absolute atomic E-state index is 5.29. The maximum Gasteiger partial charge on any atom is 0.161 e. The van der Waals surface area contributed by atoms with Gasteiger partial charge in [-0.15, -0.1) is 0 Å². The minimum absolute atomic E-state index is 0.747. The fourth-order valence-corrected chi connectivity index (χ4v) is 2.05. The highest BCUT2D eigenvalue weighted by Gasteiger charge is 2.02. The molecule has 0 heterocycles. The number of rotatable bonds is 7. The van der Waals surface area contributed by atoms with Crippen LogP contribution in [0.1, 0.15) is 11.1 Å². The molecule has 2 aromatic rings. The van der Waals surface area contributed by atoms with Gasteiger partial charge in [-0.2, -0.15) is 0 Å². The van der Waals surface area contributed by atoms with Crippen molar-refractivity contribution in [3.63, 3.8) is 0 Å². The Morgan fingerprint density at radius 1 is 0.952 bits per heavy atom. The van der Waals surface area contributed by atoms with Gasteiger partial charge in [0.1, 0.15) is 0 Å². The molecule has 110 valence electrons. The third-order valence-corrected chi connectivity index (χ3v) is 3.15. The van der Waals surface area contributed by atoms with E-state index in [-0.39, 0.29) is 0 Å². The molecule has 21 heavy (non-hydrogen) atoms. The van der Waals surface area contributed by atoms with Crippen LogP contribution in [-0.4, -0.2) is 20.8 Å². The normalized spacial score (nSPS) is 10.8. The zero-order valence-electron chi connectivity index (χ0n) is 12.5. The van der Waals surface area contributed by atoms with Crippen LogP contribution in [0.2, 0.25) is 0 Å². The lowest BCUT2D eigenvalue weighted by Gasteiger charge is -2.07. The Balaban J connectivity index is 1.84. The SMILES string of the molecule is COc1ccc(/C=C/CNCc2ccccc2)cc1OC. The summed E-state index contributed by atoms with van der Waals surface area (Å²) in [6.45, 7) is 1.69. The van der Waals surface area contributed by atoms with Crippen LogP contribution >= 0.6 is 0 Å². The minimum Gasteiger partial charge on any atom is -0.493 e. The van der Waals surface area contributed by atoms with Gasteiger partial charge in [-0.1, -0.05) is 48.6 Å². The topological polar surface area (TPSA) is 30.5 Å². The number of hydrogen-bond donors (Lipinski definition) is 1. The molecule has 0 aliphatic heterocycles. The van der Waals surface area contributed by atoms with Gasteiger partial charge in [0.25, 0.3) is 0 Å². The second-order valence-corrected chi connectivity index (χ2v) is 4.63. The van der Waals surface area contributed by atoms with Gasteiger partial charge in [-0.25, -0.2) is 0 Å². The fourth-order valence-electron chi connectivity index (χ4n) is 2.05. The molecule has 0 unspecified atom stereocenters. The van der Waals surface area contributed by atoms with Crippen molar-refractivity contribution in [3.05, 3.63) is 65.7 Å². The monoisotopic (exact) mass is 283 g/mol. The number of nitrogens with one attached hydrogen (secondary N) is 1. The smallest absolute Gasteiger partial charge is 0.161 e. The highest BCUT2D eigenvalue weighted by atomic mass is 16.5. The molecule has 0 aromatic heterocycles. The quantitative estimate of drug-likeness (QED) is 0.789. The van der Waals surface area contributed by atoms with Crippen LogP contribution < -0.4 is 14.8 Å². The van der Waals surface area contributed by atoms with E-state index < -0.39 is 0 Å². The molecular weight excluding hydrogens is 262 g/mol. The van der Waals surface area contributed by atoms with Crippen LogP contribution in [0.4, 0.5) is 0 Å². The second-order valence-electron chi connectivity index (χ2n) is 4.63. The van der Waals surface area contributed by atoms with Crippen molar-refractivity contribution in [2.75, 3.05) is 20.8 Å². The Hall–Kier alpha value is -2.26. The van der Waals surface area contributed by atoms with Crippen LogP contribution in [0.15, 0.2) is 54.6 Å². The molecule has 3 heteroatoms. The molecule has 2 rings (SSSR count). The lowest BCUT2D eigenvalue weighted by Crippen LogP contribution is -2.12. The van der Waals surface area contributed by atoms with E-state index in [1.54, 1.807) is 14.2 Å². The van der Waals surface area contributed by atoms with Gasteiger partial charge in [0.15, 0.2) is 11.5 Å². The van der Waals surface area contributed by atoms with Gasteiger partial charge in [0, 0.05) is 13.1 Å². The van der Waals surface area contributed by atoms with Crippen molar-refractivity contribution in [1.82, 2.24) is 5.32 Å². The van der Waals surface area contributed by atoms with E-state index in [0.717, 1.165) is 30.2 Å². The molecule has 0 saturated heterocycles. The molecule has 0 amide bonds. The summed E-state index contributed by atoms with van der Waals surface area (Å²) in [5, 5.41) is 3.38. The Morgan fingerprint density at radius 2 is 1.71 bits per heavy atom. The van der Waals surface area contributed by atoms with Gasteiger partial charge in [-0.3, -0.25) is 0 Å². The lowest BCUT2D eigenvalue weighted by atomic mass is 10.2. The van der Waals surface area contributed by atoms with Crippen molar-refractivity contribution in [2.24, 2.45) is 0 Å². The zero-order chi connectivity index (χ0) is 14.9. The average molecular weight is 283 g/mol. The largest absolute Gasteiger partial charge is 0.493 e. The fraction of sp³-hybridized carbons (Fsp3) is 0.222. The van der Waals surface area contributed by atoms with Gasteiger partial charge >= 0.3 is 0 Å². The summed E-state index contributed by atoms with van der Waals surface area (Å²) in [6, 6.07) is 16.3. The predicted molar refractivity (Wildman–Crippen MR) is 86.7 cm³/mol. The van der Waals surface area contributed by atoms with Crippen LogP contribution in [0.25, 0.3) is 6.08 Å². The summed E-state index contributed by atoms with van der Waals surface area (Å²) >= 11 is 0.